The first kappa shape index (κ1) is 10.7. The summed E-state index contributed by atoms with van der Waals surface area (Å²) in [7, 11) is 0. The van der Waals surface area contributed by atoms with Gasteiger partial charge in [-0.15, -0.1) is 0 Å². The van der Waals surface area contributed by atoms with E-state index in [1.54, 1.807) is 0 Å². The molecule has 0 aliphatic carbocycles. The van der Waals surface area contributed by atoms with Crippen LogP contribution in [0.1, 0.15) is 40.5 Å². The second-order valence-corrected chi connectivity index (χ2v) is 3.39. The van der Waals surface area contributed by atoms with Gasteiger partial charge < -0.3 is 5.73 Å². The lowest BCUT2D eigenvalue weighted by Gasteiger charge is -2.17. The Morgan fingerprint density at radius 1 is 1.27 bits per heavy atom. The highest BCUT2D eigenvalue weighted by molar-refractivity contribution is 4.99. The van der Waals surface area contributed by atoms with Crippen LogP contribution in [0.3, 0.4) is 0 Å². The topological polar surface area (TPSA) is 26.0 Å². The van der Waals surface area contributed by atoms with Crippen LogP contribution in [0.4, 0.5) is 0 Å². The lowest BCUT2D eigenvalue weighted by atomic mass is 9.94. The summed E-state index contributed by atoms with van der Waals surface area (Å²) >= 11 is 0. The standard InChI is InChI=1S/C10H21N/c1-5-9(7-8(3)4)10(11)6-2/h7,9-10H,5-6,11H2,1-4H3. The van der Waals surface area contributed by atoms with Crippen LogP contribution in [0, 0.1) is 5.92 Å². The van der Waals surface area contributed by atoms with Crippen LogP contribution in [0.15, 0.2) is 11.6 Å². The SMILES string of the molecule is CCC(N)C(C=C(C)C)CC. The van der Waals surface area contributed by atoms with Crippen molar-refractivity contribution in [2.24, 2.45) is 11.7 Å². The fourth-order valence-electron chi connectivity index (χ4n) is 1.28. The monoisotopic (exact) mass is 155 g/mol. The van der Waals surface area contributed by atoms with Gasteiger partial charge in [-0.05, 0) is 32.6 Å². The molecule has 0 aliphatic heterocycles. The Morgan fingerprint density at radius 3 is 2.09 bits per heavy atom. The minimum atomic E-state index is 0.342. The van der Waals surface area contributed by atoms with E-state index in [-0.39, 0.29) is 0 Å². The van der Waals surface area contributed by atoms with E-state index in [9.17, 15) is 0 Å². The van der Waals surface area contributed by atoms with Crippen molar-refractivity contribution in [1.29, 1.82) is 0 Å². The molecule has 0 saturated carbocycles. The number of nitrogens with two attached hydrogens (primary N) is 1. The molecule has 0 rings (SSSR count). The maximum atomic E-state index is 5.93. The van der Waals surface area contributed by atoms with Crippen molar-refractivity contribution >= 4 is 0 Å². The number of rotatable bonds is 4. The van der Waals surface area contributed by atoms with E-state index in [0.29, 0.717) is 12.0 Å². The maximum Gasteiger partial charge on any atom is 0.00992 e. The molecule has 0 spiro atoms. The first-order chi connectivity index (χ1) is 5.11. The number of allylic oxidation sites excluding steroid dienone is 1. The molecule has 0 aliphatic rings. The zero-order chi connectivity index (χ0) is 8.85. The van der Waals surface area contributed by atoms with Gasteiger partial charge in [0.2, 0.25) is 0 Å². The molecule has 0 bridgehead atoms. The molecule has 0 heterocycles. The van der Waals surface area contributed by atoms with Crippen LogP contribution >= 0.6 is 0 Å². The molecule has 0 fully saturated rings. The molecule has 0 radical (unpaired) electrons. The summed E-state index contributed by atoms with van der Waals surface area (Å²) in [5.41, 5.74) is 7.31. The Bertz CT molecular complexity index is 123. The predicted molar refractivity (Wildman–Crippen MR) is 51.5 cm³/mol. The smallest absolute Gasteiger partial charge is 0.00992 e. The van der Waals surface area contributed by atoms with Crippen molar-refractivity contribution in [3.8, 4) is 0 Å². The Hall–Kier alpha value is -0.300. The van der Waals surface area contributed by atoms with Crippen molar-refractivity contribution in [2.45, 2.75) is 46.6 Å². The van der Waals surface area contributed by atoms with E-state index in [4.69, 9.17) is 5.73 Å². The van der Waals surface area contributed by atoms with Crippen LogP contribution in [-0.2, 0) is 0 Å². The molecule has 11 heavy (non-hydrogen) atoms. The first-order valence-corrected chi connectivity index (χ1v) is 4.52. The molecule has 1 nitrogen and oxygen atoms in total. The van der Waals surface area contributed by atoms with Crippen LogP contribution in [0.2, 0.25) is 0 Å². The maximum absolute atomic E-state index is 5.93. The molecule has 1 heteroatoms. The van der Waals surface area contributed by atoms with Crippen LogP contribution < -0.4 is 5.73 Å². The fourth-order valence-corrected chi connectivity index (χ4v) is 1.28. The quantitative estimate of drug-likeness (QED) is 0.621. The second-order valence-electron chi connectivity index (χ2n) is 3.39. The van der Waals surface area contributed by atoms with Gasteiger partial charge in [0.25, 0.3) is 0 Å². The molecule has 2 atom stereocenters. The average Bonchev–Trinajstić information content (AvgIpc) is 1.98. The fraction of sp³-hybridized carbons (Fsp3) is 0.800. The van der Waals surface area contributed by atoms with Crippen LogP contribution in [0.25, 0.3) is 0 Å². The summed E-state index contributed by atoms with van der Waals surface area (Å²) in [4.78, 5) is 0. The van der Waals surface area contributed by atoms with Gasteiger partial charge >= 0.3 is 0 Å². The normalized spacial score (nSPS) is 15.7. The highest BCUT2D eigenvalue weighted by atomic mass is 14.6. The summed E-state index contributed by atoms with van der Waals surface area (Å²) in [6.07, 6.45) is 4.51. The number of hydrogen-bond acceptors (Lipinski definition) is 1. The largest absolute Gasteiger partial charge is 0.327 e. The van der Waals surface area contributed by atoms with Gasteiger partial charge in [0.15, 0.2) is 0 Å². The molecule has 0 saturated heterocycles. The molecule has 0 aromatic carbocycles. The van der Waals surface area contributed by atoms with E-state index in [1.807, 2.05) is 0 Å². The average molecular weight is 155 g/mol. The van der Waals surface area contributed by atoms with Crippen molar-refractivity contribution in [3.63, 3.8) is 0 Å². The Labute approximate surface area is 70.7 Å². The Kier molecular flexibility index (Phi) is 5.22. The molecular weight excluding hydrogens is 134 g/mol. The molecule has 2 unspecified atom stereocenters. The predicted octanol–water partition coefficient (Wildman–Crippen LogP) is 2.72. The second kappa shape index (κ2) is 5.36. The molecule has 2 N–H and O–H groups in total. The van der Waals surface area contributed by atoms with E-state index in [1.165, 1.54) is 5.57 Å². The van der Waals surface area contributed by atoms with Gasteiger partial charge in [-0.1, -0.05) is 25.5 Å². The minimum Gasteiger partial charge on any atom is -0.327 e. The van der Waals surface area contributed by atoms with Gasteiger partial charge in [0.1, 0.15) is 0 Å². The van der Waals surface area contributed by atoms with Gasteiger partial charge in [-0.3, -0.25) is 0 Å². The van der Waals surface area contributed by atoms with Gasteiger partial charge in [-0.2, -0.15) is 0 Å². The number of hydrogen-bond donors (Lipinski definition) is 1. The molecular formula is C10H21N. The van der Waals surface area contributed by atoms with E-state index in [0.717, 1.165) is 12.8 Å². The summed E-state index contributed by atoms with van der Waals surface area (Å²) in [6, 6.07) is 0.342. The lowest BCUT2D eigenvalue weighted by molar-refractivity contribution is 0.474. The van der Waals surface area contributed by atoms with Crippen LogP contribution in [-0.4, -0.2) is 6.04 Å². The van der Waals surface area contributed by atoms with Crippen molar-refractivity contribution < 1.29 is 0 Å². The highest BCUT2D eigenvalue weighted by Crippen LogP contribution is 2.13. The first-order valence-electron chi connectivity index (χ1n) is 4.52. The van der Waals surface area contributed by atoms with Gasteiger partial charge in [0.05, 0.1) is 0 Å². The Morgan fingerprint density at radius 2 is 1.82 bits per heavy atom. The van der Waals surface area contributed by atoms with Crippen molar-refractivity contribution in [1.82, 2.24) is 0 Å². The van der Waals surface area contributed by atoms with E-state index < -0.39 is 0 Å². The summed E-state index contributed by atoms with van der Waals surface area (Å²) in [6.45, 7) is 8.60. The third-order valence-electron chi connectivity index (χ3n) is 2.04. The summed E-state index contributed by atoms with van der Waals surface area (Å²) in [5.74, 6) is 0.574. The summed E-state index contributed by atoms with van der Waals surface area (Å²) in [5, 5.41) is 0. The molecule has 0 aromatic rings. The zero-order valence-electron chi connectivity index (χ0n) is 8.22. The Balaban J connectivity index is 4.05. The van der Waals surface area contributed by atoms with Gasteiger partial charge in [0, 0.05) is 6.04 Å². The lowest BCUT2D eigenvalue weighted by Crippen LogP contribution is -2.27. The third-order valence-corrected chi connectivity index (χ3v) is 2.04. The molecule has 0 aromatic heterocycles. The van der Waals surface area contributed by atoms with Crippen molar-refractivity contribution in [2.75, 3.05) is 0 Å². The minimum absolute atomic E-state index is 0.342. The van der Waals surface area contributed by atoms with Crippen molar-refractivity contribution in [3.05, 3.63) is 11.6 Å². The van der Waals surface area contributed by atoms with Gasteiger partial charge in [-0.25, -0.2) is 0 Å². The highest BCUT2D eigenvalue weighted by Gasteiger charge is 2.10. The van der Waals surface area contributed by atoms with Crippen LogP contribution in [0.5, 0.6) is 0 Å². The molecule has 66 valence electrons. The zero-order valence-corrected chi connectivity index (χ0v) is 8.22. The summed E-state index contributed by atoms with van der Waals surface area (Å²) < 4.78 is 0. The van der Waals surface area contributed by atoms with E-state index in [2.05, 4.69) is 33.8 Å². The third kappa shape index (κ3) is 4.20. The molecule has 0 amide bonds. The van der Waals surface area contributed by atoms with E-state index >= 15 is 0 Å².